The number of halogens is 3. The van der Waals surface area contributed by atoms with E-state index in [0.29, 0.717) is 18.5 Å². The van der Waals surface area contributed by atoms with Crippen LogP contribution in [0.3, 0.4) is 0 Å². The Balaban J connectivity index is 3.28. The summed E-state index contributed by atoms with van der Waals surface area (Å²) in [6.07, 6.45) is 0.443. The first kappa shape index (κ1) is 11.4. The maximum Gasteiger partial charge on any atom is 0.202 e. The molecule has 0 aromatic heterocycles. The minimum Gasteiger partial charge on any atom is -0.493 e. The highest BCUT2D eigenvalue weighted by atomic mass is 79.9. The molecule has 1 rings (SSSR count). The molecule has 1 aromatic carbocycles. The summed E-state index contributed by atoms with van der Waals surface area (Å²) in [4.78, 5) is 0. The van der Waals surface area contributed by atoms with Crippen LogP contribution in [0, 0.1) is 11.6 Å². The van der Waals surface area contributed by atoms with Crippen LogP contribution in [0.15, 0.2) is 10.5 Å². The minimum absolute atomic E-state index is 0.0730. The van der Waals surface area contributed by atoms with Gasteiger partial charge in [-0.2, -0.15) is 4.39 Å². The lowest BCUT2D eigenvalue weighted by molar-refractivity contribution is 0.366. The van der Waals surface area contributed by atoms with Crippen molar-refractivity contribution in [3.8, 4) is 5.75 Å². The molecule has 0 radical (unpaired) electrons. The van der Waals surface area contributed by atoms with Crippen molar-refractivity contribution >= 4 is 15.9 Å². The fourth-order valence-corrected chi connectivity index (χ4v) is 1.64. The Hall–Kier alpha value is -0.680. The molecule has 0 aliphatic carbocycles. The fourth-order valence-electron chi connectivity index (χ4n) is 1.19. The van der Waals surface area contributed by atoms with Gasteiger partial charge < -0.3 is 10.5 Å². The molecule has 0 spiro atoms. The van der Waals surface area contributed by atoms with Gasteiger partial charge in [-0.15, -0.1) is 0 Å². The summed E-state index contributed by atoms with van der Waals surface area (Å²) in [6, 6.07) is 1.48. The van der Waals surface area contributed by atoms with Crippen LogP contribution in [0.2, 0.25) is 0 Å². The lowest BCUT2D eigenvalue weighted by atomic mass is 10.1. The molecular formula is C9H10BrF2NO. The van der Waals surface area contributed by atoms with Crippen LogP contribution in [0.5, 0.6) is 5.75 Å². The van der Waals surface area contributed by atoms with Crippen LogP contribution in [-0.2, 0) is 6.42 Å². The molecule has 2 N–H and O–H groups in total. The molecule has 0 unspecified atom stereocenters. The van der Waals surface area contributed by atoms with Gasteiger partial charge >= 0.3 is 0 Å². The number of rotatable bonds is 3. The third-order valence-electron chi connectivity index (χ3n) is 1.81. The molecule has 0 heterocycles. The number of ether oxygens (including phenoxy) is 1. The van der Waals surface area contributed by atoms with Crippen LogP contribution < -0.4 is 10.5 Å². The van der Waals surface area contributed by atoms with E-state index in [1.807, 2.05) is 0 Å². The van der Waals surface area contributed by atoms with E-state index in [1.165, 1.54) is 13.2 Å². The maximum atomic E-state index is 13.3. The van der Waals surface area contributed by atoms with Gasteiger partial charge in [-0.25, -0.2) is 4.39 Å². The van der Waals surface area contributed by atoms with E-state index in [1.54, 1.807) is 0 Å². The Bertz CT molecular complexity index is 344. The summed E-state index contributed by atoms with van der Waals surface area (Å²) in [5.41, 5.74) is 5.89. The van der Waals surface area contributed by atoms with Crippen LogP contribution in [0.4, 0.5) is 8.78 Å². The minimum atomic E-state index is -0.981. The second kappa shape index (κ2) is 4.70. The van der Waals surface area contributed by atoms with Crippen molar-refractivity contribution in [3.05, 3.63) is 27.7 Å². The smallest absolute Gasteiger partial charge is 0.202 e. The van der Waals surface area contributed by atoms with E-state index in [9.17, 15) is 8.78 Å². The average Bonchev–Trinajstić information content (AvgIpc) is 2.16. The van der Waals surface area contributed by atoms with Gasteiger partial charge in [0, 0.05) is 0 Å². The van der Waals surface area contributed by atoms with Crippen molar-refractivity contribution in [2.24, 2.45) is 5.73 Å². The van der Waals surface area contributed by atoms with Gasteiger partial charge in [-0.3, -0.25) is 0 Å². The van der Waals surface area contributed by atoms with Crippen LogP contribution >= 0.6 is 15.9 Å². The largest absolute Gasteiger partial charge is 0.493 e. The SMILES string of the molecule is COc1c(CCN)cc(Br)c(F)c1F. The van der Waals surface area contributed by atoms with E-state index in [2.05, 4.69) is 15.9 Å². The lowest BCUT2D eigenvalue weighted by Crippen LogP contribution is -2.06. The van der Waals surface area contributed by atoms with Gasteiger partial charge in [0.15, 0.2) is 11.6 Å². The zero-order chi connectivity index (χ0) is 10.7. The van der Waals surface area contributed by atoms with Gasteiger partial charge in [0.1, 0.15) is 0 Å². The molecule has 1 aromatic rings. The van der Waals surface area contributed by atoms with Crippen molar-refractivity contribution < 1.29 is 13.5 Å². The van der Waals surface area contributed by atoms with Gasteiger partial charge in [0.05, 0.1) is 11.6 Å². The molecule has 0 fully saturated rings. The van der Waals surface area contributed by atoms with Crippen molar-refractivity contribution in [3.63, 3.8) is 0 Å². The second-order valence-corrected chi connectivity index (χ2v) is 3.57. The van der Waals surface area contributed by atoms with Crippen molar-refractivity contribution in [1.29, 1.82) is 0 Å². The molecule has 0 amide bonds. The summed E-state index contributed by atoms with van der Waals surface area (Å²) >= 11 is 2.92. The molecule has 0 atom stereocenters. The second-order valence-electron chi connectivity index (χ2n) is 2.72. The zero-order valence-corrected chi connectivity index (χ0v) is 9.20. The van der Waals surface area contributed by atoms with Gasteiger partial charge in [0.2, 0.25) is 5.82 Å². The quantitative estimate of drug-likeness (QED) is 0.851. The number of hydrogen-bond donors (Lipinski definition) is 1. The Morgan fingerprint density at radius 1 is 1.43 bits per heavy atom. The topological polar surface area (TPSA) is 35.2 Å². The Kier molecular flexibility index (Phi) is 3.83. The molecule has 14 heavy (non-hydrogen) atoms. The first-order chi connectivity index (χ1) is 6.61. The molecule has 0 saturated carbocycles. The van der Waals surface area contributed by atoms with E-state index in [0.717, 1.165) is 0 Å². The summed E-state index contributed by atoms with van der Waals surface area (Å²) < 4.78 is 31.2. The predicted octanol–water partition coefficient (Wildman–Crippen LogP) is 2.24. The summed E-state index contributed by atoms with van der Waals surface area (Å²) in [6.45, 7) is 0.355. The zero-order valence-electron chi connectivity index (χ0n) is 7.61. The van der Waals surface area contributed by atoms with Gasteiger partial charge in [0.25, 0.3) is 0 Å². The fraction of sp³-hybridized carbons (Fsp3) is 0.333. The predicted molar refractivity (Wildman–Crippen MR) is 53.4 cm³/mol. The van der Waals surface area contributed by atoms with Crippen LogP contribution in [0.1, 0.15) is 5.56 Å². The van der Waals surface area contributed by atoms with Gasteiger partial charge in [-0.05, 0) is 40.5 Å². The lowest BCUT2D eigenvalue weighted by Gasteiger charge is -2.10. The molecule has 2 nitrogen and oxygen atoms in total. The third-order valence-corrected chi connectivity index (χ3v) is 2.39. The summed E-state index contributed by atoms with van der Waals surface area (Å²) in [5, 5.41) is 0. The molecule has 5 heteroatoms. The highest BCUT2D eigenvalue weighted by molar-refractivity contribution is 9.10. The third kappa shape index (κ3) is 2.04. The number of hydrogen-bond acceptors (Lipinski definition) is 2. The van der Waals surface area contributed by atoms with E-state index < -0.39 is 11.6 Å². The molecule has 0 bridgehead atoms. The first-order valence-electron chi connectivity index (χ1n) is 4.02. The van der Waals surface area contributed by atoms with E-state index >= 15 is 0 Å². The number of methoxy groups -OCH3 is 1. The van der Waals surface area contributed by atoms with Crippen LogP contribution in [-0.4, -0.2) is 13.7 Å². The number of benzene rings is 1. The molecular weight excluding hydrogens is 256 g/mol. The molecule has 0 aliphatic heterocycles. The summed E-state index contributed by atoms with van der Waals surface area (Å²) in [5.74, 6) is -2.00. The Labute approximate surface area is 89.2 Å². The molecule has 0 saturated heterocycles. The first-order valence-corrected chi connectivity index (χ1v) is 4.81. The molecule has 78 valence electrons. The van der Waals surface area contributed by atoms with E-state index in [4.69, 9.17) is 10.5 Å². The van der Waals surface area contributed by atoms with Crippen molar-refractivity contribution in [1.82, 2.24) is 0 Å². The van der Waals surface area contributed by atoms with Crippen LogP contribution in [0.25, 0.3) is 0 Å². The monoisotopic (exact) mass is 265 g/mol. The van der Waals surface area contributed by atoms with Gasteiger partial charge in [-0.1, -0.05) is 0 Å². The normalized spacial score (nSPS) is 10.4. The maximum absolute atomic E-state index is 13.3. The summed E-state index contributed by atoms with van der Waals surface area (Å²) in [7, 11) is 1.30. The highest BCUT2D eigenvalue weighted by Crippen LogP contribution is 2.30. The Morgan fingerprint density at radius 3 is 2.57 bits per heavy atom. The number of nitrogens with two attached hydrogens (primary N) is 1. The molecule has 0 aliphatic rings. The van der Waals surface area contributed by atoms with Crippen molar-refractivity contribution in [2.45, 2.75) is 6.42 Å². The highest BCUT2D eigenvalue weighted by Gasteiger charge is 2.17. The standard InChI is InChI=1S/C9H10BrF2NO/c1-14-9-5(2-3-13)4-6(10)7(11)8(9)12/h4H,2-3,13H2,1H3. The average molecular weight is 266 g/mol. The van der Waals surface area contributed by atoms with E-state index in [-0.39, 0.29) is 10.2 Å². The Morgan fingerprint density at radius 2 is 2.07 bits per heavy atom. The van der Waals surface area contributed by atoms with Crippen molar-refractivity contribution in [2.75, 3.05) is 13.7 Å².